The second kappa shape index (κ2) is 18.6. The SMILES string of the molecule is [Eu+3].[Eu+3].[O-]B([O-])[S-].[O-]B([O-])[S-]. The monoisotopic (exact) mass is 456 g/mol. The first-order valence-electron chi connectivity index (χ1n) is 1.41. The molecule has 56 valence electrons. The molecule has 0 bridgehead atoms. The van der Waals surface area contributed by atoms with Crippen molar-refractivity contribution in [3.8, 4) is 0 Å². The van der Waals surface area contributed by atoms with Gasteiger partial charge in [0.25, 0.3) is 0 Å². The van der Waals surface area contributed by atoms with Gasteiger partial charge in [-0.3, -0.25) is 0 Å². The zero-order chi connectivity index (χ0) is 7.15. The van der Waals surface area contributed by atoms with Crippen LogP contribution in [0.25, 0.3) is 0 Å². The first-order valence-corrected chi connectivity index (χ1v) is 2.36. The molecule has 0 radical (unpaired) electrons. The Morgan fingerprint density at radius 2 is 0.700 bits per heavy atom. The largest absolute Gasteiger partial charge is 3.00 e. The van der Waals surface area contributed by atoms with Gasteiger partial charge in [0.1, 0.15) is 0 Å². The first kappa shape index (κ1) is 23.6. The molecule has 0 aliphatic heterocycles. The van der Waals surface area contributed by atoms with Gasteiger partial charge in [-0.1, -0.05) is 0 Å². The number of hydrogen-bond donors (Lipinski definition) is 0. The Morgan fingerprint density at radius 1 is 0.700 bits per heavy atom. The van der Waals surface area contributed by atoms with Gasteiger partial charge in [-0.25, -0.2) is 0 Å². The van der Waals surface area contributed by atoms with Gasteiger partial charge < -0.3 is 57.8 Å². The third kappa shape index (κ3) is 94.4. The predicted molar refractivity (Wildman–Crippen MR) is 26.2 cm³/mol. The molecule has 0 aromatic rings. The topological polar surface area (TPSA) is 92.2 Å². The fourth-order valence-corrected chi connectivity index (χ4v) is 0. The van der Waals surface area contributed by atoms with Gasteiger partial charge in [0.15, 0.2) is 0 Å². The Bertz CT molecular complexity index is 34.7. The zero-order valence-corrected chi connectivity index (χ0v) is 10.8. The summed E-state index contributed by atoms with van der Waals surface area (Å²) in [5.41, 5.74) is 0. The summed E-state index contributed by atoms with van der Waals surface area (Å²) in [6.45, 7) is 0. The third-order valence-corrected chi connectivity index (χ3v) is 0. The Kier molecular flexibility index (Phi) is 43.8. The van der Waals surface area contributed by atoms with Crippen LogP contribution in [-0.2, 0) is 25.0 Å². The molecule has 0 aliphatic rings. The standard InChI is InChI=1S/2BO2S.2Eu/c2*2-1(3)4;;/q2*-3;2*+3. The van der Waals surface area contributed by atoms with Crippen molar-refractivity contribution in [3.05, 3.63) is 0 Å². The van der Waals surface area contributed by atoms with Crippen LogP contribution in [-0.4, -0.2) is 12.8 Å². The van der Waals surface area contributed by atoms with E-state index in [4.69, 9.17) is 20.1 Å². The molecule has 0 fully saturated rings. The molecule has 10 heteroatoms. The fraction of sp³-hybridized carbons (Fsp3) is 0. The normalized spacial score (nSPS) is 5.40. The summed E-state index contributed by atoms with van der Waals surface area (Å²) in [7, 11) is 0. The van der Waals surface area contributed by atoms with E-state index < -0.39 is 12.8 Å². The molecule has 0 aromatic heterocycles. The Balaban J connectivity index is -0.0000000300. The smallest absolute Gasteiger partial charge is 0.911 e. The van der Waals surface area contributed by atoms with Crippen LogP contribution in [0.2, 0.25) is 0 Å². The summed E-state index contributed by atoms with van der Waals surface area (Å²) in [5, 5.41) is 35.1. The van der Waals surface area contributed by atoms with Crippen LogP contribution < -0.4 is 20.1 Å². The van der Waals surface area contributed by atoms with Gasteiger partial charge in [-0.2, -0.15) is 0 Å². The van der Waals surface area contributed by atoms with E-state index in [9.17, 15) is 0 Å². The van der Waals surface area contributed by atoms with Crippen molar-refractivity contribution in [2.45, 2.75) is 0 Å². The minimum Gasteiger partial charge on any atom is -0.911 e. The summed E-state index contributed by atoms with van der Waals surface area (Å²) in [4.78, 5) is 0. The molecule has 0 N–H and O–H groups in total. The van der Waals surface area contributed by atoms with Crippen LogP contribution in [0.1, 0.15) is 0 Å². The van der Waals surface area contributed by atoms with E-state index in [2.05, 4.69) is 25.0 Å². The van der Waals surface area contributed by atoms with Crippen molar-refractivity contribution in [1.29, 1.82) is 0 Å². The number of rotatable bonds is 0. The van der Waals surface area contributed by atoms with Crippen LogP contribution in [0.4, 0.5) is 0 Å². The molecule has 0 rings (SSSR count). The van der Waals surface area contributed by atoms with Crippen LogP contribution in [0.15, 0.2) is 0 Å². The van der Waals surface area contributed by atoms with Crippen molar-refractivity contribution in [2.24, 2.45) is 0 Å². The third-order valence-electron chi connectivity index (χ3n) is 0. The molecule has 4 nitrogen and oxygen atoms in total. The average molecular weight is 454 g/mol. The summed E-state index contributed by atoms with van der Waals surface area (Å²) in [5.74, 6) is 0. The van der Waals surface area contributed by atoms with Crippen molar-refractivity contribution in [2.75, 3.05) is 0 Å². The van der Waals surface area contributed by atoms with Crippen molar-refractivity contribution in [1.82, 2.24) is 0 Å². The molecule has 0 aromatic carbocycles. The zero-order valence-electron chi connectivity index (χ0n) is 4.36. The van der Waals surface area contributed by atoms with Gasteiger partial charge >= 0.3 is 98.8 Å². The van der Waals surface area contributed by atoms with Crippen LogP contribution in [0.3, 0.4) is 0 Å². The quantitative estimate of drug-likeness (QED) is 0.268. The molecule has 0 spiro atoms. The summed E-state index contributed by atoms with van der Waals surface area (Å²) in [6.07, 6.45) is -4.17. The Hall–Kier alpha value is 3.84. The maximum absolute atomic E-state index is 8.79. The molecular formula is B2Eu2O4S2. The number of hydrogen-bond acceptors (Lipinski definition) is 6. The van der Waals surface area contributed by atoms with Gasteiger partial charge in [-0.05, 0) is 0 Å². The van der Waals surface area contributed by atoms with E-state index in [-0.39, 0.29) is 98.8 Å². The minimum absolute atomic E-state index is 0. The summed E-state index contributed by atoms with van der Waals surface area (Å²) < 4.78 is 0. The molecule has 0 saturated carbocycles. The second-order valence-electron chi connectivity index (χ2n) is 0.577. The Labute approximate surface area is 153 Å². The van der Waals surface area contributed by atoms with Crippen LogP contribution >= 0.6 is 0 Å². The van der Waals surface area contributed by atoms with E-state index >= 15 is 0 Å². The predicted octanol–water partition coefficient (Wildman–Crippen LogP) is -5.52. The van der Waals surface area contributed by atoms with E-state index in [1.165, 1.54) is 0 Å². The Morgan fingerprint density at radius 3 is 0.700 bits per heavy atom. The molecule has 0 saturated heterocycles. The minimum atomic E-state index is -2.08. The average Bonchev–Trinajstić information content (AvgIpc) is 1.25. The van der Waals surface area contributed by atoms with Crippen LogP contribution in [0.5, 0.6) is 0 Å². The summed E-state index contributed by atoms with van der Waals surface area (Å²) in [6, 6.07) is 0. The first-order chi connectivity index (χ1) is 3.46. The van der Waals surface area contributed by atoms with Gasteiger partial charge in [0.05, 0.1) is 0 Å². The molecule has 10 heavy (non-hydrogen) atoms. The van der Waals surface area contributed by atoms with Gasteiger partial charge in [0.2, 0.25) is 0 Å². The van der Waals surface area contributed by atoms with Gasteiger partial charge in [0, 0.05) is 0 Å². The fourth-order valence-electron chi connectivity index (χ4n) is 0. The maximum Gasteiger partial charge on any atom is 3.00 e. The molecular weight excluding hydrogens is 454 g/mol. The van der Waals surface area contributed by atoms with Crippen LogP contribution in [0, 0.1) is 98.8 Å². The van der Waals surface area contributed by atoms with Crippen molar-refractivity contribution < 1.29 is 119 Å². The van der Waals surface area contributed by atoms with E-state index in [0.717, 1.165) is 0 Å². The molecule has 0 atom stereocenters. The summed E-state index contributed by atoms with van der Waals surface area (Å²) >= 11 is 7.02. The van der Waals surface area contributed by atoms with Crippen molar-refractivity contribution >= 4 is 37.8 Å². The van der Waals surface area contributed by atoms with E-state index in [0.29, 0.717) is 0 Å². The molecule has 0 amide bonds. The molecule has 0 unspecified atom stereocenters. The maximum atomic E-state index is 8.79. The van der Waals surface area contributed by atoms with E-state index in [1.807, 2.05) is 0 Å². The second-order valence-corrected chi connectivity index (χ2v) is 1.35. The van der Waals surface area contributed by atoms with Crippen molar-refractivity contribution in [3.63, 3.8) is 0 Å². The molecule has 0 aliphatic carbocycles. The molecule has 0 heterocycles. The van der Waals surface area contributed by atoms with E-state index in [1.54, 1.807) is 0 Å². The van der Waals surface area contributed by atoms with Gasteiger partial charge in [-0.15, -0.1) is 0 Å².